The molecule has 0 bridgehead atoms. The topological polar surface area (TPSA) is 12.0 Å². The van der Waals surface area contributed by atoms with Gasteiger partial charge in [-0.2, -0.15) is 0 Å². The molecule has 21 heavy (non-hydrogen) atoms. The van der Waals surface area contributed by atoms with Crippen LogP contribution in [-0.4, -0.2) is 12.6 Å². The van der Waals surface area contributed by atoms with E-state index in [-0.39, 0.29) is 0 Å². The summed E-state index contributed by atoms with van der Waals surface area (Å²) >= 11 is 12.4. The van der Waals surface area contributed by atoms with Crippen molar-refractivity contribution >= 4 is 23.2 Å². The molecule has 0 atom stereocenters. The molecule has 2 rings (SSSR count). The van der Waals surface area contributed by atoms with Gasteiger partial charge in [-0.05, 0) is 67.8 Å². The van der Waals surface area contributed by atoms with Crippen LogP contribution in [-0.2, 0) is 6.42 Å². The Balaban J connectivity index is 1.94. The first-order valence-corrected chi connectivity index (χ1v) is 8.94. The molecule has 1 aliphatic carbocycles. The average Bonchev–Trinajstić information content (AvgIpc) is 2.89. The van der Waals surface area contributed by atoms with Crippen molar-refractivity contribution in [2.45, 2.75) is 64.8 Å². The molecule has 1 aromatic rings. The molecular weight excluding hydrogens is 301 g/mol. The maximum atomic E-state index is 6.30. The van der Waals surface area contributed by atoms with Gasteiger partial charge in [-0.3, -0.25) is 0 Å². The molecule has 0 spiro atoms. The van der Waals surface area contributed by atoms with Gasteiger partial charge in [0.25, 0.3) is 0 Å². The zero-order valence-electron chi connectivity index (χ0n) is 13.2. The Hall–Kier alpha value is -0.240. The van der Waals surface area contributed by atoms with Crippen molar-refractivity contribution in [3.05, 3.63) is 33.8 Å². The second-order valence-corrected chi connectivity index (χ2v) is 7.65. The molecule has 0 amide bonds. The lowest BCUT2D eigenvalue weighted by molar-refractivity contribution is 0.243. The van der Waals surface area contributed by atoms with Crippen LogP contribution in [0.25, 0.3) is 0 Å². The predicted molar refractivity (Wildman–Crippen MR) is 93.4 cm³/mol. The number of nitrogens with one attached hydrogen (secondary N) is 1. The van der Waals surface area contributed by atoms with Crippen LogP contribution in [0, 0.1) is 5.41 Å². The maximum Gasteiger partial charge on any atom is 0.0439 e. The van der Waals surface area contributed by atoms with Crippen LogP contribution in [0.3, 0.4) is 0 Å². The highest BCUT2D eigenvalue weighted by molar-refractivity contribution is 6.33. The Morgan fingerprint density at radius 2 is 1.86 bits per heavy atom. The van der Waals surface area contributed by atoms with Gasteiger partial charge in [0.05, 0.1) is 0 Å². The van der Waals surface area contributed by atoms with E-state index in [2.05, 4.69) is 19.2 Å². The Morgan fingerprint density at radius 1 is 1.14 bits per heavy atom. The third-order valence-electron chi connectivity index (χ3n) is 4.80. The van der Waals surface area contributed by atoms with Gasteiger partial charge < -0.3 is 5.32 Å². The predicted octanol–water partition coefficient (Wildman–Crippen LogP) is 5.87. The smallest absolute Gasteiger partial charge is 0.0439 e. The number of hydrogen-bond acceptors (Lipinski definition) is 1. The summed E-state index contributed by atoms with van der Waals surface area (Å²) < 4.78 is 0. The van der Waals surface area contributed by atoms with Gasteiger partial charge in [0.2, 0.25) is 0 Å². The van der Waals surface area contributed by atoms with E-state index in [4.69, 9.17) is 23.2 Å². The molecular formula is C18H27Cl2N. The standard InChI is InChI=1S/C18H27Cl2N/c1-14(2)21-12-11-18(8-3-4-9-18)10-7-15-13-16(19)5-6-17(15)20/h5-6,13-14,21H,3-4,7-12H2,1-2H3. The van der Waals surface area contributed by atoms with Crippen molar-refractivity contribution in [2.24, 2.45) is 5.41 Å². The summed E-state index contributed by atoms with van der Waals surface area (Å²) in [6, 6.07) is 6.39. The highest BCUT2D eigenvalue weighted by atomic mass is 35.5. The lowest BCUT2D eigenvalue weighted by Gasteiger charge is -2.30. The number of aryl methyl sites for hydroxylation is 1. The lowest BCUT2D eigenvalue weighted by Crippen LogP contribution is -2.29. The maximum absolute atomic E-state index is 6.30. The van der Waals surface area contributed by atoms with E-state index >= 15 is 0 Å². The Morgan fingerprint density at radius 3 is 2.52 bits per heavy atom. The second-order valence-electron chi connectivity index (χ2n) is 6.80. The number of hydrogen-bond donors (Lipinski definition) is 1. The molecule has 1 aromatic carbocycles. The van der Waals surface area contributed by atoms with Crippen molar-refractivity contribution in [1.82, 2.24) is 5.32 Å². The van der Waals surface area contributed by atoms with Crippen LogP contribution < -0.4 is 5.32 Å². The van der Waals surface area contributed by atoms with E-state index in [0.717, 1.165) is 23.0 Å². The molecule has 1 aliphatic rings. The molecule has 1 nitrogen and oxygen atoms in total. The van der Waals surface area contributed by atoms with Crippen molar-refractivity contribution in [2.75, 3.05) is 6.54 Å². The van der Waals surface area contributed by atoms with Gasteiger partial charge in [-0.15, -0.1) is 0 Å². The van der Waals surface area contributed by atoms with Gasteiger partial charge in [-0.25, -0.2) is 0 Å². The summed E-state index contributed by atoms with van der Waals surface area (Å²) in [6.45, 7) is 5.56. The summed E-state index contributed by atoms with van der Waals surface area (Å²) in [6.07, 6.45) is 9.04. The van der Waals surface area contributed by atoms with E-state index < -0.39 is 0 Å². The fraction of sp³-hybridized carbons (Fsp3) is 0.667. The molecule has 118 valence electrons. The summed E-state index contributed by atoms with van der Waals surface area (Å²) in [5.41, 5.74) is 1.71. The summed E-state index contributed by atoms with van der Waals surface area (Å²) in [7, 11) is 0. The largest absolute Gasteiger partial charge is 0.315 e. The highest BCUT2D eigenvalue weighted by Crippen LogP contribution is 2.45. The van der Waals surface area contributed by atoms with E-state index in [1.54, 1.807) is 0 Å². The van der Waals surface area contributed by atoms with Gasteiger partial charge in [0.15, 0.2) is 0 Å². The Labute approximate surface area is 139 Å². The van der Waals surface area contributed by atoms with Gasteiger partial charge >= 0.3 is 0 Å². The quantitative estimate of drug-likeness (QED) is 0.659. The van der Waals surface area contributed by atoms with Crippen molar-refractivity contribution in [1.29, 1.82) is 0 Å². The molecule has 0 saturated heterocycles. The molecule has 3 heteroatoms. The monoisotopic (exact) mass is 327 g/mol. The SMILES string of the molecule is CC(C)NCCC1(CCc2cc(Cl)ccc2Cl)CCCC1. The van der Waals surface area contributed by atoms with Crippen LogP contribution in [0.4, 0.5) is 0 Å². The minimum absolute atomic E-state index is 0.507. The van der Waals surface area contributed by atoms with E-state index in [9.17, 15) is 0 Å². The minimum atomic E-state index is 0.507. The van der Waals surface area contributed by atoms with Gasteiger partial charge in [0.1, 0.15) is 0 Å². The number of rotatable bonds is 7. The molecule has 0 unspecified atom stereocenters. The molecule has 0 aliphatic heterocycles. The first kappa shape index (κ1) is 17.1. The first-order valence-electron chi connectivity index (χ1n) is 8.18. The summed E-state index contributed by atoms with van der Waals surface area (Å²) in [5.74, 6) is 0. The van der Waals surface area contributed by atoms with Crippen molar-refractivity contribution < 1.29 is 0 Å². The zero-order valence-corrected chi connectivity index (χ0v) is 14.7. The third-order valence-corrected chi connectivity index (χ3v) is 5.41. The molecule has 1 fully saturated rings. The highest BCUT2D eigenvalue weighted by Gasteiger charge is 2.32. The molecule has 0 heterocycles. The van der Waals surface area contributed by atoms with Gasteiger partial charge in [-0.1, -0.05) is 49.9 Å². The van der Waals surface area contributed by atoms with Crippen molar-refractivity contribution in [3.63, 3.8) is 0 Å². The lowest BCUT2D eigenvalue weighted by atomic mass is 9.77. The number of benzene rings is 1. The summed E-state index contributed by atoms with van der Waals surface area (Å²) in [4.78, 5) is 0. The molecule has 1 N–H and O–H groups in total. The average molecular weight is 328 g/mol. The van der Waals surface area contributed by atoms with E-state index in [1.807, 2.05) is 18.2 Å². The number of halogens is 2. The van der Waals surface area contributed by atoms with Crippen LogP contribution >= 0.6 is 23.2 Å². The van der Waals surface area contributed by atoms with Crippen molar-refractivity contribution in [3.8, 4) is 0 Å². The fourth-order valence-electron chi connectivity index (χ4n) is 3.51. The molecule has 0 aromatic heterocycles. The fourth-order valence-corrected chi connectivity index (χ4v) is 3.92. The third kappa shape index (κ3) is 5.16. The van der Waals surface area contributed by atoms with Gasteiger partial charge in [0, 0.05) is 16.1 Å². The molecule has 0 radical (unpaired) electrons. The van der Waals surface area contributed by atoms with Crippen LogP contribution in [0.15, 0.2) is 18.2 Å². The van der Waals surface area contributed by atoms with Crippen LogP contribution in [0.2, 0.25) is 10.0 Å². The second kappa shape index (κ2) is 7.85. The first-order chi connectivity index (χ1) is 10.0. The normalized spacial score (nSPS) is 17.6. The summed E-state index contributed by atoms with van der Waals surface area (Å²) in [5, 5.41) is 5.21. The van der Waals surface area contributed by atoms with E-state index in [0.29, 0.717) is 11.5 Å². The zero-order chi connectivity index (χ0) is 15.3. The molecule has 1 saturated carbocycles. The van der Waals surface area contributed by atoms with Crippen LogP contribution in [0.5, 0.6) is 0 Å². The Kier molecular flexibility index (Phi) is 6.40. The van der Waals surface area contributed by atoms with Crippen LogP contribution in [0.1, 0.15) is 57.9 Å². The Bertz CT molecular complexity index is 451. The van der Waals surface area contributed by atoms with E-state index in [1.165, 1.54) is 44.1 Å². The minimum Gasteiger partial charge on any atom is -0.315 e.